The Kier molecular flexibility index (Phi) is 30.4. The lowest BCUT2D eigenvalue weighted by Crippen LogP contribution is -2.15. The van der Waals surface area contributed by atoms with Crippen molar-refractivity contribution in [2.75, 3.05) is 39.6 Å². The van der Waals surface area contributed by atoms with E-state index in [-0.39, 0.29) is 34.1 Å². The average molecular weight is 1010 g/mol. The molecule has 0 atom stereocenters. The van der Waals surface area contributed by atoms with Crippen LogP contribution >= 0.6 is 0 Å². The molecule has 0 radical (unpaired) electrons. The quantitative estimate of drug-likeness (QED) is 0.0171. The number of esters is 2. The molecule has 3 aromatic rings. The van der Waals surface area contributed by atoms with Crippen molar-refractivity contribution in [1.82, 2.24) is 0 Å². The highest BCUT2D eigenvalue weighted by Gasteiger charge is 2.32. The first kappa shape index (κ1) is 60.5. The highest BCUT2D eigenvalue weighted by molar-refractivity contribution is 5.95. The second-order valence-corrected chi connectivity index (χ2v) is 18.1. The number of ether oxygens (including phenoxy) is 8. The molecule has 72 heavy (non-hydrogen) atoms. The van der Waals surface area contributed by atoms with Crippen molar-refractivity contribution >= 4 is 23.3 Å². The van der Waals surface area contributed by atoms with E-state index in [1.165, 1.54) is 24.3 Å². The van der Waals surface area contributed by atoms with E-state index < -0.39 is 44.7 Å². The summed E-state index contributed by atoms with van der Waals surface area (Å²) in [4.78, 5) is 51.3. The number of hydrogen-bond donors (Lipinski definition) is 0. The molecule has 3 aromatic carbocycles. The first-order chi connectivity index (χ1) is 35.0. The first-order valence-corrected chi connectivity index (χ1v) is 27.1. The lowest BCUT2D eigenvalue weighted by molar-refractivity contribution is -0.422. The van der Waals surface area contributed by atoms with Gasteiger partial charge in [0.2, 0.25) is 11.5 Å². The summed E-state index contributed by atoms with van der Waals surface area (Å²) in [6, 6.07) is 7.24. The van der Waals surface area contributed by atoms with Gasteiger partial charge in [0.15, 0.2) is 34.5 Å². The van der Waals surface area contributed by atoms with Crippen molar-refractivity contribution in [2.45, 2.75) is 196 Å². The van der Waals surface area contributed by atoms with E-state index in [1.54, 1.807) is 0 Å². The van der Waals surface area contributed by atoms with Gasteiger partial charge < -0.3 is 37.9 Å². The maximum atomic E-state index is 14.3. The van der Waals surface area contributed by atoms with Gasteiger partial charge >= 0.3 is 23.3 Å². The van der Waals surface area contributed by atoms with Gasteiger partial charge in [0.05, 0.1) is 72.7 Å². The molecule has 0 amide bonds. The van der Waals surface area contributed by atoms with E-state index in [0.29, 0.717) is 63.3 Å². The molecule has 0 fully saturated rings. The van der Waals surface area contributed by atoms with Gasteiger partial charge in [-0.15, -0.1) is 0 Å². The number of nitro groups is 2. The summed E-state index contributed by atoms with van der Waals surface area (Å²) in [5.74, 6) is -1.60. The standard InChI is InChI=1S/C56H84N2O14/c1-7-13-19-25-31-65-49-37-43(38-50(66-32-26-20-14-8-2)53(49)69-35-29-23-17-11-5)55(59)71-47-41-45(57(61)62)46(58(63)64)42-48(47)72-56(60)44-39-51(67-33-27-21-15-9-3)54(70-36-30-24-18-12-6)52(40-44)68-34-28-22-16-10-4/h37-42H,7-36H2,1-6H3. The molecule has 0 aliphatic rings. The summed E-state index contributed by atoms with van der Waals surface area (Å²) < 4.78 is 49.4. The molecule has 0 saturated carbocycles. The summed E-state index contributed by atoms with van der Waals surface area (Å²) >= 11 is 0. The molecule has 16 nitrogen and oxygen atoms in total. The fraction of sp³-hybridized carbons (Fsp3) is 0.643. The minimum atomic E-state index is -1.03. The van der Waals surface area contributed by atoms with Crippen LogP contribution in [0.4, 0.5) is 11.4 Å². The maximum Gasteiger partial charge on any atom is 0.350 e. The maximum absolute atomic E-state index is 14.3. The number of rotatable bonds is 42. The predicted molar refractivity (Wildman–Crippen MR) is 280 cm³/mol. The molecule has 0 saturated heterocycles. The third-order valence-corrected chi connectivity index (χ3v) is 11.9. The van der Waals surface area contributed by atoms with Gasteiger partial charge in [0.25, 0.3) is 0 Å². The van der Waals surface area contributed by atoms with Crippen molar-refractivity contribution in [1.29, 1.82) is 0 Å². The van der Waals surface area contributed by atoms with Crippen LogP contribution in [-0.2, 0) is 0 Å². The number of nitro benzene ring substituents is 2. The summed E-state index contributed by atoms with van der Waals surface area (Å²) in [7, 11) is 0. The Hall–Kier alpha value is -5.80. The molecule has 0 aromatic heterocycles. The zero-order chi connectivity index (χ0) is 52.4. The Morgan fingerprint density at radius 1 is 0.347 bits per heavy atom. The van der Waals surface area contributed by atoms with Crippen molar-refractivity contribution in [3.05, 3.63) is 67.8 Å². The molecule has 0 aliphatic carbocycles. The van der Waals surface area contributed by atoms with Crippen LogP contribution in [0.3, 0.4) is 0 Å². The monoisotopic (exact) mass is 1010 g/mol. The van der Waals surface area contributed by atoms with Crippen LogP contribution in [0.2, 0.25) is 0 Å². The number of benzene rings is 3. The molecule has 16 heteroatoms. The molecule has 0 spiro atoms. The van der Waals surface area contributed by atoms with E-state index in [9.17, 15) is 29.8 Å². The Morgan fingerprint density at radius 3 is 0.806 bits per heavy atom. The van der Waals surface area contributed by atoms with Crippen LogP contribution in [0.5, 0.6) is 46.0 Å². The van der Waals surface area contributed by atoms with Crippen LogP contribution in [0.25, 0.3) is 0 Å². The topological polar surface area (TPSA) is 194 Å². The second kappa shape index (κ2) is 36.2. The summed E-state index contributed by atoms with van der Waals surface area (Å²) in [5.41, 5.74) is -2.10. The van der Waals surface area contributed by atoms with Crippen molar-refractivity contribution in [3.8, 4) is 46.0 Å². The summed E-state index contributed by atoms with van der Waals surface area (Å²) in [5, 5.41) is 24.6. The van der Waals surface area contributed by atoms with Crippen LogP contribution in [0.15, 0.2) is 36.4 Å². The normalized spacial score (nSPS) is 11.0. The van der Waals surface area contributed by atoms with Gasteiger partial charge in [-0.3, -0.25) is 20.2 Å². The Bertz CT molecular complexity index is 1860. The van der Waals surface area contributed by atoms with E-state index in [1.807, 2.05) is 0 Å². The lowest BCUT2D eigenvalue weighted by Gasteiger charge is -2.19. The minimum absolute atomic E-state index is 0.0644. The molecule has 0 aliphatic heterocycles. The zero-order valence-corrected chi connectivity index (χ0v) is 44.3. The van der Waals surface area contributed by atoms with Crippen LogP contribution in [-0.4, -0.2) is 61.4 Å². The third-order valence-electron chi connectivity index (χ3n) is 11.9. The van der Waals surface area contributed by atoms with Gasteiger partial charge in [-0.2, -0.15) is 0 Å². The number of unbranched alkanes of at least 4 members (excludes halogenated alkanes) is 18. The van der Waals surface area contributed by atoms with Gasteiger partial charge in [0, 0.05) is 0 Å². The SMILES string of the molecule is CCCCCCOc1cc(C(=O)Oc2cc([N+](=O)[O-])c([N+](=O)[O-])cc2OC(=O)c2cc(OCCCCCC)c(OCCCCCC)c(OCCCCCC)c2)cc(OCCCCCC)c1OCCCCCC. The highest BCUT2D eigenvalue weighted by atomic mass is 16.6. The van der Waals surface area contributed by atoms with Crippen LogP contribution in [0, 0.1) is 20.2 Å². The van der Waals surface area contributed by atoms with Gasteiger partial charge in [-0.05, 0) is 62.8 Å². The second-order valence-electron chi connectivity index (χ2n) is 18.1. The highest BCUT2D eigenvalue weighted by Crippen LogP contribution is 2.44. The molecule has 0 heterocycles. The van der Waals surface area contributed by atoms with Gasteiger partial charge in [-0.1, -0.05) is 157 Å². The van der Waals surface area contributed by atoms with E-state index >= 15 is 0 Å². The third kappa shape index (κ3) is 21.9. The van der Waals surface area contributed by atoms with E-state index in [0.717, 1.165) is 154 Å². The predicted octanol–water partition coefficient (Wildman–Crippen LogP) is 15.7. The van der Waals surface area contributed by atoms with E-state index in [2.05, 4.69) is 41.5 Å². The fourth-order valence-corrected chi connectivity index (χ4v) is 7.66. The summed E-state index contributed by atoms with van der Waals surface area (Å²) in [6.45, 7) is 14.8. The Labute approximate surface area is 428 Å². The molecule has 0 N–H and O–H groups in total. The lowest BCUT2D eigenvalue weighted by atomic mass is 10.1. The Morgan fingerprint density at radius 2 is 0.583 bits per heavy atom. The molecule has 0 bridgehead atoms. The Balaban J connectivity index is 2.16. The van der Waals surface area contributed by atoms with Crippen LogP contribution in [0.1, 0.15) is 216 Å². The van der Waals surface area contributed by atoms with E-state index in [4.69, 9.17) is 37.9 Å². The molecule has 3 rings (SSSR count). The van der Waals surface area contributed by atoms with Crippen molar-refractivity contribution in [2.24, 2.45) is 0 Å². The first-order valence-electron chi connectivity index (χ1n) is 27.1. The number of nitrogens with zero attached hydrogens (tertiary/aromatic N) is 2. The zero-order valence-electron chi connectivity index (χ0n) is 44.3. The average Bonchev–Trinajstić information content (AvgIpc) is 3.36. The number of carbonyl (C=O) groups is 2. The number of hydrogen-bond acceptors (Lipinski definition) is 14. The molecular weight excluding hydrogens is 925 g/mol. The molecular formula is C56H84N2O14. The van der Waals surface area contributed by atoms with Crippen LogP contribution < -0.4 is 37.9 Å². The fourth-order valence-electron chi connectivity index (χ4n) is 7.66. The number of carbonyl (C=O) groups excluding carboxylic acids is 2. The molecule has 402 valence electrons. The largest absolute Gasteiger partial charge is 0.490 e. The van der Waals surface area contributed by atoms with Crippen molar-refractivity contribution < 1.29 is 57.3 Å². The summed E-state index contributed by atoms with van der Waals surface area (Å²) in [6.07, 6.45) is 22.7. The smallest absolute Gasteiger partial charge is 0.350 e. The minimum Gasteiger partial charge on any atom is -0.490 e. The van der Waals surface area contributed by atoms with Crippen molar-refractivity contribution in [3.63, 3.8) is 0 Å². The van der Waals surface area contributed by atoms with Gasteiger partial charge in [-0.25, -0.2) is 9.59 Å². The van der Waals surface area contributed by atoms with Gasteiger partial charge in [0.1, 0.15) is 0 Å². The molecule has 0 unspecified atom stereocenters.